The van der Waals surface area contributed by atoms with E-state index < -0.39 is 42.3 Å². The second-order valence-corrected chi connectivity index (χ2v) is 11.3. The van der Waals surface area contributed by atoms with Crippen LogP contribution in [-0.2, 0) is 30.4 Å². The summed E-state index contributed by atoms with van der Waals surface area (Å²) in [7, 11) is 1.36. The summed E-state index contributed by atoms with van der Waals surface area (Å²) in [5.74, 6) is -6.50. The van der Waals surface area contributed by atoms with Crippen molar-refractivity contribution in [3.05, 3.63) is 59.7 Å². The van der Waals surface area contributed by atoms with Gasteiger partial charge >= 0.3 is 36.4 Å². The van der Waals surface area contributed by atoms with Gasteiger partial charge in [0.2, 0.25) is 0 Å². The van der Waals surface area contributed by atoms with Crippen molar-refractivity contribution in [1.29, 1.82) is 0 Å². The van der Waals surface area contributed by atoms with Crippen LogP contribution in [0, 0.1) is 11.8 Å². The highest BCUT2D eigenvalue weighted by molar-refractivity contribution is 5.96. The fourth-order valence-corrected chi connectivity index (χ4v) is 4.92. The van der Waals surface area contributed by atoms with Gasteiger partial charge in [0, 0.05) is 31.2 Å². The van der Waals surface area contributed by atoms with Gasteiger partial charge in [-0.05, 0) is 67.9 Å². The molecular formula is C33H41F6N5O9. The average Bonchev–Trinajstić information content (AvgIpc) is 3.10. The van der Waals surface area contributed by atoms with Crippen molar-refractivity contribution in [3.63, 3.8) is 0 Å². The zero-order valence-electron chi connectivity index (χ0n) is 28.9. The van der Waals surface area contributed by atoms with E-state index in [1.54, 1.807) is 19.3 Å². The van der Waals surface area contributed by atoms with E-state index in [4.69, 9.17) is 35.0 Å². The number of nitrogens with two attached hydrogens (primary N) is 1. The molecule has 14 nitrogen and oxygen atoms in total. The van der Waals surface area contributed by atoms with Crippen LogP contribution in [0.2, 0.25) is 0 Å². The number of ether oxygens (including phenoxy) is 2. The molecule has 0 aliphatic carbocycles. The number of nitrogens with zero attached hydrogens (tertiary/aromatic N) is 2. The van der Waals surface area contributed by atoms with Gasteiger partial charge in [-0.15, -0.1) is 0 Å². The van der Waals surface area contributed by atoms with Crippen LogP contribution in [0.3, 0.4) is 0 Å². The number of nitrogens with one attached hydrogen (secondary N) is 2. The van der Waals surface area contributed by atoms with Gasteiger partial charge in [0.25, 0.3) is 5.91 Å². The standard InChI is InChI=1S/C29H39N5O5.2C2HF3O2/c1-4-39-29(37)33-31-19-34-14-8-9-21(18-34)15-26(28(36)38-3)20(2)32-27(35)25-13-12-23(16-24(25)17-30)22-10-6-5-7-11-22;2*3-2(4,5)1(6)7/h5-7,10-13,16,19-21,26H,4,8-9,14-15,17-18,30H2,1-3H3,(H,32,35)(H,33,37);2*(H,6,7)/t20-,21?,26?;;/m1../s1. The maximum Gasteiger partial charge on any atom is 0.490 e. The van der Waals surface area contributed by atoms with Crippen LogP contribution in [0.5, 0.6) is 0 Å². The molecule has 2 aromatic carbocycles. The highest BCUT2D eigenvalue weighted by Gasteiger charge is 2.39. The van der Waals surface area contributed by atoms with Crippen molar-refractivity contribution in [1.82, 2.24) is 15.6 Å². The smallest absolute Gasteiger partial charge is 0.475 e. The Morgan fingerprint density at radius 1 is 1.00 bits per heavy atom. The van der Waals surface area contributed by atoms with E-state index in [1.165, 1.54) is 7.11 Å². The summed E-state index contributed by atoms with van der Waals surface area (Å²) < 4.78 is 73.4. The molecule has 2 unspecified atom stereocenters. The number of hydrogen-bond acceptors (Lipinski definition) is 9. The number of hydrazone groups is 1. The molecule has 2 amide bonds. The van der Waals surface area contributed by atoms with Crippen LogP contribution in [0.1, 0.15) is 49.0 Å². The SMILES string of the molecule is CCOC(=O)NN=CN1CCCC(CC(C(=O)OC)[C@@H](C)NC(=O)c2ccc(-c3ccccc3)cc2CN)C1.O=C(O)C(F)(F)F.O=C(O)C(F)(F)F. The number of piperidine rings is 1. The Kier molecular flexibility index (Phi) is 18.8. The van der Waals surface area contributed by atoms with E-state index in [1.807, 2.05) is 54.3 Å². The molecule has 20 heteroatoms. The zero-order chi connectivity index (χ0) is 40.4. The molecule has 1 aliphatic heterocycles. The van der Waals surface area contributed by atoms with Crippen molar-refractivity contribution in [3.8, 4) is 11.1 Å². The summed E-state index contributed by atoms with van der Waals surface area (Å²) in [4.78, 5) is 57.3. The lowest BCUT2D eigenvalue weighted by Gasteiger charge is -2.34. The summed E-state index contributed by atoms with van der Waals surface area (Å²) >= 11 is 0. The number of methoxy groups -OCH3 is 1. The maximum absolute atomic E-state index is 13.3. The van der Waals surface area contributed by atoms with Crippen molar-refractivity contribution in [2.45, 2.75) is 58.0 Å². The number of rotatable bonds is 11. The Balaban J connectivity index is 0.000000845. The predicted molar refractivity (Wildman–Crippen MR) is 177 cm³/mol. The molecule has 0 saturated carbocycles. The van der Waals surface area contributed by atoms with Gasteiger partial charge in [-0.2, -0.15) is 31.4 Å². The van der Waals surface area contributed by atoms with E-state index >= 15 is 0 Å². The summed E-state index contributed by atoms with van der Waals surface area (Å²) in [6.07, 6.45) is -6.81. The maximum atomic E-state index is 13.3. The second-order valence-electron chi connectivity index (χ2n) is 11.3. The van der Waals surface area contributed by atoms with E-state index in [0.717, 1.165) is 36.1 Å². The number of carbonyl (C=O) groups is 5. The molecule has 3 atom stereocenters. The number of hydrogen-bond donors (Lipinski definition) is 5. The van der Waals surface area contributed by atoms with Crippen LogP contribution >= 0.6 is 0 Å². The summed E-state index contributed by atoms with van der Waals surface area (Å²) in [6, 6.07) is 15.1. The van der Waals surface area contributed by atoms with E-state index in [9.17, 15) is 40.7 Å². The molecule has 294 valence electrons. The zero-order valence-corrected chi connectivity index (χ0v) is 28.9. The molecule has 0 radical (unpaired) electrons. The molecule has 1 saturated heterocycles. The first-order valence-corrected chi connectivity index (χ1v) is 15.8. The van der Waals surface area contributed by atoms with Crippen molar-refractivity contribution in [2.75, 3.05) is 26.8 Å². The van der Waals surface area contributed by atoms with Crippen molar-refractivity contribution >= 4 is 36.2 Å². The molecule has 1 heterocycles. The van der Waals surface area contributed by atoms with Gasteiger partial charge in [-0.1, -0.05) is 36.4 Å². The quantitative estimate of drug-likeness (QED) is 0.0691. The molecule has 0 aromatic heterocycles. The van der Waals surface area contributed by atoms with E-state index in [2.05, 4.69) is 15.8 Å². The largest absolute Gasteiger partial charge is 0.490 e. The highest BCUT2D eigenvalue weighted by atomic mass is 19.4. The van der Waals surface area contributed by atoms with Crippen LogP contribution < -0.4 is 16.5 Å². The van der Waals surface area contributed by atoms with Crippen molar-refractivity contribution in [2.24, 2.45) is 22.7 Å². The molecule has 0 bridgehead atoms. The Labute approximate surface area is 300 Å². The normalized spacial score (nSPS) is 15.4. The number of carbonyl (C=O) groups excluding carboxylic acids is 3. The van der Waals surface area contributed by atoms with Gasteiger partial charge < -0.3 is 35.6 Å². The number of likely N-dealkylation sites (tertiary alicyclic amines) is 1. The molecule has 1 fully saturated rings. The first-order valence-electron chi connectivity index (χ1n) is 15.8. The van der Waals surface area contributed by atoms with Gasteiger partial charge in [0.15, 0.2) is 0 Å². The number of carboxylic acid groups (broad SMARTS) is 2. The lowest BCUT2D eigenvalue weighted by atomic mass is 9.85. The minimum absolute atomic E-state index is 0.181. The Morgan fingerprint density at radius 2 is 1.58 bits per heavy atom. The first kappa shape index (κ1) is 45.6. The predicted octanol–water partition coefficient (Wildman–Crippen LogP) is 4.78. The fourth-order valence-electron chi connectivity index (χ4n) is 4.92. The average molecular weight is 766 g/mol. The van der Waals surface area contributed by atoms with Crippen LogP contribution in [0.15, 0.2) is 53.6 Å². The number of carboxylic acids is 2. The first-order chi connectivity index (χ1) is 24.7. The number of amides is 2. The lowest BCUT2D eigenvalue weighted by Crippen LogP contribution is -2.44. The van der Waals surface area contributed by atoms with Crippen LogP contribution in [-0.4, -0.2) is 96.6 Å². The van der Waals surface area contributed by atoms with Crippen LogP contribution in [0.25, 0.3) is 11.1 Å². The summed E-state index contributed by atoms with van der Waals surface area (Å²) in [5, 5.41) is 21.2. The Bertz CT molecular complexity index is 1520. The van der Waals surface area contributed by atoms with E-state index in [-0.39, 0.29) is 30.9 Å². The third-order valence-corrected chi connectivity index (χ3v) is 7.42. The van der Waals surface area contributed by atoms with Gasteiger partial charge in [0.1, 0.15) is 6.34 Å². The molecular weight excluding hydrogens is 724 g/mol. The minimum Gasteiger partial charge on any atom is -0.475 e. The monoisotopic (exact) mass is 765 g/mol. The molecule has 53 heavy (non-hydrogen) atoms. The molecule has 0 spiro atoms. The van der Waals surface area contributed by atoms with E-state index in [0.29, 0.717) is 18.5 Å². The number of aliphatic carboxylic acids is 2. The molecule has 6 N–H and O–H groups in total. The number of alkyl halides is 6. The number of halogens is 6. The number of esters is 1. The Hall–Kier alpha value is -5.40. The molecule has 3 rings (SSSR count). The summed E-state index contributed by atoms with van der Waals surface area (Å²) in [5.41, 5.74) is 11.6. The lowest BCUT2D eigenvalue weighted by molar-refractivity contribution is -0.193. The third kappa shape index (κ3) is 16.7. The highest BCUT2D eigenvalue weighted by Crippen LogP contribution is 2.27. The van der Waals surface area contributed by atoms with Gasteiger partial charge in [0.05, 0.1) is 19.6 Å². The topological polar surface area (TPSA) is 210 Å². The number of benzene rings is 2. The molecule has 1 aliphatic rings. The van der Waals surface area contributed by atoms with Crippen molar-refractivity contribution < 1.29 is 70.0 Å². The minimum atomic E-state index is -5.08. The molecule has 2 aromatic rings. The van der Waals surface area contributed by atoms with Gasteiger partial charge in [-0.25, -0.2) is 19.8 Å². The third-order valence-electron chi connectivity index (χ3n) is 7.42. The van der Waals surface area contributed by atoms with Crippen LogP contribution in [0.4, 0.5) is 31.1 Å². The summed E-state index contributed by atoms with van der Waals surface area (Å²) in [6.45, 7) is 5.48. The Morgan fingerprint density at radius 3 is 2.09 bits per heavy atom. The fraction of sp³-hybridized carbons (Fsp3) is 0.455. The van der Waals surface area contributed by atoms with Gasteiger partial charge in [-0.3, -0.25) is 9.59 Å². The second kappa shape index (κ2) is 21.8.